The quantitative estimate of drug-likeness (QED) is 0.172. The van der Waals surface area contributed by atoms with Crippen LogP contribution < -0.4 is 14.8 Å². The summed E-state index contributed by atoms with van der Waals surface area (Å²) in [6.45, 7) is 0.305. The molecule has 0 saturated carbocycles. The number of ether oxygens (including phenoxy) is 1. The first-order valence-corrected chi connectivity index (χ1v) is 13.6. The van der Waals surface area contributed by atoms with Crippen LogP contribution in [0.3, 0.4) is 0 Å². The van der Waals surface area contributed by atoms with Crippen LogP contribution in [0.15, 0.2) is 76.5 Å². The number of benzene rings is 2. The number of sulfonamides is 1. The van der Waals surface area contributed by atoms with Crippen molar-refractivity contribution >= 4 is 21.8 Å². The molecule has 10 nitrogen and oxygen atoms in total. The predicted molar refractivity (Wildman–Crippen MR) is 140 cm³/mol. The summed E-state index contributed by atoms with van der Waals surface area (Å²) in [7, 11) is -2.62. The number of anilines is 1. The van der Waals surface area contributed by atoms with E-state index >= 15 is 0 Å². The summed E-state index contributed by atoms with van der Waals surface area (Å²) in [6, 6.07) is 9.29. The van der Waals surface area contributed by atoms with Crippen molar-refractivity contribution in [1.29, 1.82) is 0 Å². The minimum absolute atomic E-state index is 0.0187. The van der Waals surface area contributed by atoms with E-state index in [0.717, 1.165) is 24.3 Å². The van der Waals surface area contributed by atoms with Crippen LogP contribution in [0.5, 0.6) is 5.75 Å². The number of methoxy groups -OCH3 is 1. The summed E-state index contributed by atoms with van der Waals surface area (Å²) in [5.74, 6) is 0.0915. The van der Waals surface area contributed by atoms with Gasteiger partial charge in [-0.15, -0.1) is 0 Å². The van der Waals surface area contributed by atoms with Crippen molar-refractivity contribution in [2.24, 2.45) is 0 Å². The normalized spacial score (nSPS) is 12.1. The molecule has 0 saturated heterocycles. The molecule has 15 heteroatoms. The van der Waals surface area contributed by atoms with Crippen LogP contribution >= 0.6 is 0 Å². The molecule has 3 heterocycles. The number of aromatic nitrogens is 4. The van der Waals surface area contributed by atoms with E-state index in [4.69, 9.17) is 9.15 Å². The molecule has 214 valence electrons. The van der Waals surface area contributed by atoms with Crippen LogP contribution in [0.1, 0.15) is 12.0 Å². The van der Waals surface area contributed by atoms with Gasteiger partial charge in [-0.3, -0.25) is 4.40 Å². The van der Waals surface area contributed by atoms with E-state index < -0.39 is 27.6 Å². The molecule has 2 aromatic carbocycles. The lowest BCUT2D eigenvalue weighted by molar-refractivity contribution is -0.137. The third-order valence-electron chi connectivity index (χ3n) is 6.01. The molecule has 0 bridgehead atoms. The highest BCUT2D eigenvalue weighted by Crippen LogP contribution is 2.34. The molecule has 0 aliphatic rings. The number of rotatable bonds is 10. The predicted octanol–water partition coefficient (Wildman–Crippen LogP) is 5.00. The molecule has 0 fully saturated rings. The molecule has 0 amide bonds. The summed E-state index contributed by atoms with van der Waals surface area (Å²) in [6.07, 6.45) is 0.436. The Morgan fingerprint density at radius 2 is 1.83 bits per heavy atom. The fraction of sp³-hybridized carbons (Fsp3) is 0.192. The topological polar surface area (TPSA) is 124 Å². The number of halogens is 4. The Labute approximate surface area is 231 Å². The Hall–Kier alpha value is -4.50. The van der Waals surface area contributed by atoms with Crippen molar-refractivity contribution in [3.8, 4) is 28.4 Å². The number of nitrogens with one attached hydrogen (secondary N) is 2. The SMILES string of the molecule is COc1cc(-c2nc3occn3c2-c2ccnc(NCCCNS(=O)(=O)c3ccc(C(F)(F)F)cc3)n2)ccc1F. The van der Waals surface area contributed by atoms with Crippen molar-refractivity contribution in [1.82, 2.24) is 24.1 Å². The second kappa shape index (κ2) is 11.2. The van der Waals surface area contributed by atoms with Crippen molar-refractivity contribution in [3.63, 3.8) is 0 Å². The molecule has 0 aliphatic carbocycles. The van der Waals surface area contributed by atoms with Crippen molar-refractivity contribution in [2.75, 3.05) is 25.5 Å². The van der Waals surface area contributed by atoms with E-state index in [9.17, 15) is 26.0 Å². The van der Waals surface area contributed by atoms with E-state index in [2.05, 4.69) is 25.0 Å². The molecule has 2 N–H and O–H groups in total. The van der Waals surface area contributed by atoms with E-state index in [1.54, 1.807) is 22.7 Å². The maximum atomic E-state index is 14.0. The molecular formula is C26H22F4N6O4S. The van der Waals surface area contributed by atoms with E-state index in [1.165, 1.54) is 31.7 Å². The standard InChI is InChI=1S/C26H22F4N6O4S/c1-39-21-15-16(3-8-19(21)27)22-23(36-13-14-40-25(36)35-22)20-9-12-32-24(34-20)31-10-2-11-33-41(37,38)18-6-4-17(5-7-18)26(28,29)30/h3-9,12-15,33H,2,10-11H2,1H3,(H,31,32,34). The number of alkyl halides is 3. The molecular weight excluding hydrogens is 568 g/mol. The van der Waals surface area contributed by atoms with Gasteiger partial charge in [0.2, 0.25) is 16.0 Å². The monoisotopic (exact) mass is 590 g/mol. The molecule has 0 radical (unpaired) electrons. The number of hydrogen-bond acceptors (Lipinski definition) is 8. The van der Waals surface area contributed by atoms with E-state index in [0.29, 0.717) is 34.9 Å². The fourth-order valence-corrected chi connectivity index (χ4v) is 5.09. The summed E-state index contributed by atoms with van der Waals surface area (Å²) >= 11 is 0. The van der Waals surface area contributed by atoms with Gasteiger partial charge in [0.1, 0.15) is 17.7 Å². The van der Waals surface area contributed by atoms with E-state index in [-0.39, 0.29) is 29.7 Å². The lowest BCUT2D eigenvalue weighted by Gasteiger charge is -2.10. The molecule has 3 aromatic heterocycles. The van der Waals surface area contributed by atoms with Gasteiger partial charge < -0.3 is 14.5 Å². The summed E-state index contributed by atoms with van der Waals surface area (Å²) in [4.78, 5) is 13.0. The zero-order chi connectivity index (χ0) is 29.2. The highest BCUT2D eigenvalue weighted by atomic mass is 32.2. The molecule has 0 unspecified atom stereocenters. The number of hydrogen-bond donors (Lipinski definition) is 2. The average molecular weight is 591 g/mol. The number of fused-ring (bicyclic) bond motifs is 1. The first-order valence-electron chi connectivity index (χ1n) is 12.1. The van der Waals surface area contributed by atoms with Crippen LogP contribution in [-0.2, 0) is 16.2 Å². The summed E-state index contributed by atoms with van der Waals surface area (Å²) in [5.41, 5.74) is 1.17. The second-order valence-electron chi connectivity index (χ2n) is 8.68. The number of oxazole rings is 1. The van der Waals surface area contributed by atoms with Crippen LogP contribution in [0.4, 0.5) is 23.5 Å². The van der Waals surface area contributed by atoms with Crippen molar-refractivity contribution in [2.45, 2.75) is 17.5 Å². The molecule has 41 heavy (non-hydrogen) atoms. The first kappa shape index (κ1) is 28.0. The minimum atomic E-state index is -4.56. The number of imidazole rings is 1. The first-order chi connectivity index (χ1) is 19.6. The van der Waals surface area contributed by atoms with Gasteiger partial charge in [0.05, 0.1) is 23.3 Å². The summed E-state index contributed by atoms with van der Waals surface area (Å²) in [5, 5.41) is 3.02. The minimum Gasteiger partial charge on any atom is -0.494 e. The van der Waals surface area contributed by atoms with Gasteiger partial charge in [0.25, 0.3) is 0 Å². The Morgan fingerprint density at radius 1 is 1.05 bits per heavy atom. The smallest absolute Gasteiger partial charge is 0.416 e. The largest absolute Gasteiger partial charge is 0.494 e. The van der Waals surface area contributed by atoms with Crippen molar-refractivity contribution in [3.05, 3.63) is 78.6 Å². The molecule has 5 aromatic rings. The van der Waals surface area contributed by atoms with Gasteiger partial charge in [0, 0.05) is 31.0 Å². The molecule has 0 atom stereocenters. The Bertz CT molecular complexity index is 1790. The average Bonchev–Trinajstić information content (AvgIpc) is 3.55. The highest BCUT2D eigenvalue weighted by Gasteiger charge is 2.30. The van der Waals surface area contributed by atoms with Gasteiger partial charge in [-0.1, -0.05) is 0 Å². The summed E-state index contributed by atoms with van der Waals surface area (Å²) < 4.78 is 91.6. The molecule has 0 aliphatic heterocycles. The Balaban J connectivity index is 1.26. The number of nitrogens with zero attached hydrogens (tertiary/aromatic N) is 4. The van der Waals surface area contributed by atoms with Crippen LogP contribution in [-0.4, -0.2) is 48.0 Å². The van der Waals surface area contributed by atoms with Crippen LogP contribution in [0, 0.1) is 5.82 Å². The van der Waals surface area contributed by atoms with Crippen LogP contribution in [0.2, 0.25) is 0 Å². The Kier molecular flexibility index (Phi) is 7.64. The van der Waals surface area contributed by atoms with Gasteiger partial charge >= 0.3 is 12.0 Å². The van der Waals surface area contributed by atoms with Crippen LogP contribution in [0.25, 0.3) is 28.5 Å². The highest BCUT2D eigenvalue weighted by molar-refractivity contribution is 7.89. The second-order valence-corrected chi connectivity index (χ2v) is 10.4. The maximum absolute atomic E-state index is 14.0. The van der Waals surface area contributed by atoms with Gasteiger partial charge in [-0.25, -0.2) is 27.5 Å². The van der Waals surface area contributed by atoms with Gasteiger partial charge in [0.15, 0.2) is 11.6 Å². The third kappa shape index (κ3) is 6.00. The van der Waals surface area contributed by atoms with Gasteiger partial charge in [-0.05, 0) is 55.0 Å². The maximum Gasteiger partial charge on any atom is 0.416 e. The lowest BCUT2D eigenvalue weighted by atomic mass is 10.1. The van der Waals surface area contributed by atoms with Crippen molar-refractivity contribution < 1.29 is 35.1 Å². The zero-order valence-corrected chi connectivity index (χ0v) is 22.1. The van der Waals surface area contributed by atoms with Gasteiger partial charge in [-0.2, -0.15) is 18.2 Å². The molecule has 5 rings (SSSR count). The molecule has 0 spiro atoms. The Morgan fingerprint density at radius 3 is 2.56 bits per heavy atom. The zero-order valence-electron chi connectivity index (χ0n) is 21.3. The van der Waals surface area contributed by atoms with E-state index in [1.807, 2.05) is 0 Å². The third-order valence-corrected chi connectivity index (χ3v) is 7.48. The lowest BCUT2D eigenvalue weighted by Crippen LogP contribution is -2.26. The fourth-order valence-electron chi connectivity index (χ4n) is 4.02.